The summed E-state index contributed by atoms with van der Waals surface area (Å²) in [6, 6.07) is 26.7. The molecule has 3 aromatic rings. The van der Waals surface area contributed by atoms with Gasteiger partial charge in [-0.1, -0.05) is 84.9 Å². The van der Waals surface area contributed by atoms with E-state index in [1.54, 1.807) is 0 Å². The Kier molecular flexibility index (Phi) is 7.23. The fourth-order valence-corrected chi connectivity index (χ4v) is 4.70. The highest BCUT2D eigenvalue weighted by Gasteiger charge is 2.39. The van der Waals surface area contributed by atoms with Crippen molar-refractivity contribution in [2.45, 2.75) is 50.0 Å². The van der Waals surface area contributed by atoms with Crippen LogP contribution in [-0.4, -0.2) is 28.3 Å². The number of amides is 1. The Morgan fingerprint density at radius 3 is 2.15 bits per heavy atom. The Hall–Kier alpha value is -2.99. The molecule has 0 bridgehead atoms. The molecule has 1 aliphatic carbocycles. The van der Waals surface area contributed by atoms with Crippen molar-refractivity contribution in [1.29, 1.82) is 0 Å². The molecule has 1 amide bonds. The molecule has 172 valence electrons. The lowest BCUT2D eigenvalue weighted by atomic mass is 9.88. The van der Waals surface area contributed by atoms with Crippen molar-refractivity contribution in [3.8, 4) is 0 Å². The molecular weight excluding hydrogens is 412 g/mol. The molecule has 5 heteroatoms. The third-order valence-electron chi connectivity index (χ3n) is 6.58. The van der Waals surface area contributed by atoms with E-state index >= 15 is 0 Å². The smallest absolute Gasteiger partial charge is 0.226 e. The fraction of sp³-hybridized carbons (Fsp3) is 0.321. The maximum atomic E-state index is 13.4. The van der Waals surface area contributed by atoms with Crippen LogP contribution in [0, 0.1) is 5.92 Å². The number of hydrogen-bond acceptors (Lipinski definition) is 4. The zero-order chi connectivity index (χ0) is 23.3. The zero-order valence-electron chi connectivity index (χ0n) is 18.7. The van der Waals surface area contributed by atoms with Gasteiger partial charge < -0.3 is 21.3 Å². The van der Waals surface area contributed by atoms with Gasteiger partial charge in [0.05, 0.1) is 6.10 Å². The first-order valence-corrected chi connectivity index (χ1v) is 11.6. The number of carbonyl (C=O) groups excluding carboxylic acids is 1. The number of nitrogens with one attached hydrogen (secondary N) is 1. The average Bonchev–Trinajstić information content (AvgIpc) is 3.16. The minimum Gasteiger partial charge on any atom is -0.391 e. The summed E-state index contributed by atoms with van der Waals surface area (Å²) in [5, 5.41) is 25.0. The van der Waals surface area contributed by atoms with Gasteiger partial charge in [0.1, 0.15) is 0 Å². The second-order valence-electron chi connectivity index (χ2n) is 9.05. The monoisotopic (exact) mass is 444 g/mol. The Morgan fingerprint density at radius 2 is 1.48 bits per heavy atom. The predicted octanol–water partition coefficient (Wildman–Crippen LogP) is 3.07. The Labute approximate surface area is 195 Å². The van der Waals surface area contributed by atoms with E-state index in [1.165, 1.54) is 0 Å². The minimum atomic E-state index is -1.39. The van der Waals surface area contributed by atoms with Crippen molar-refractivity contribution >= 4 is 5.91 Å². The maximum Gasteiger partial charge on any atom is 0.226 e. The highest BCUT2D eigenvalue weighted by Crippen LogP contribution is 2.35. The number of aryl methyl sites for hydroxylation is 1. The molecule has 0 radical (unpaired) electrons. The van der Waals surface area contributed by atoms with Crippen molar-refractivity contribution in [1.82, 2.24) is 5.32 Å². The number of hydrogen-bond donors (Lipinski definition) is 4. The number of rotatable bonds is 9. The number of aliphatic hydroxyl groups excluding tert-OH is 1. The minimum absolute atomic E-state index is 0.215. The molecule has 3 aromatic carbocycles. The van der Waals surface area contributed by atoms with Gasteiger partial charge in [0.25, 0.3) is 0 Å². The Balaban J connectivity index is 1.49. The van der Waals surface area contributed by atoms with Gasteiger partial charge in [0.15, 0.2) is 5.72 Å². The first-order valence-electron chi connectivity index (χ1n) is 11.6. The van der Waals surface area contributed by atoms with E-state index in [9.17, 15) is 15.0 Å². The highest BCUT2D eigenvalue weighted by molar-refractivity contribution is 5.80. The van der Waals surface area contributed by atoms with E-state index in [0.717, 1.165) is 22.3 Å². The number of fused-ring (bicyclic) bond motifs is 1. The lowest BCUT2D eigenvalue weighted by molar-refractivity contribution is -0.134. The van der Waals surface area contributed by atoms with E-state index in [-0.39, 0.29) is 12.3 Å². The van der Waals surface area contributed by atoms with E-state index in [2.05, 4.69) is 5.32 Å². The Bertz CT molecular complexity index is 1060. The van der Waals surface area contributed by atoms with Gasteiger partial charge in [0, 0.05) is 23.9 Å². The van der Waals surface area contributed by atoms with Crippen LogP contribution in [0.2, 0.25) is 0 Å². The summed E-state index contributed by atoms with van der Waals surface area (Å²) in [4.78, 5) is 13.4. The lowest BCUT2D eigenvalue weighted by Crippen LogP contribution is -2.48. The third kappa shape index (κ3) is 5.69. The predicted molar refractivity (Wildman–Crippen MR) is 129 cm³/mol. The van der Waals surface area contributed by atoms with Gasteiger partial charge in [-0.25, -0.2) is 0 Å². The normalized spacial score (nSPS) is 20.0. The summed E-state index contributed by atoms with van der Waals surface area (Å²) in [7, 11) is 0. The van der Waals surface area contributed by atoms with Crippen LogP contribution >= 0.6 is 0 Å². The Morgan fingerprint density at radius 1 is 0.909 bits per heavy atom. The van der Waals surface area contributed by atoms with Crippen molar-refractivity contribution in [2.75, 3.05) is 0 Å². The van der Waals surface area contributed by atoms with Gasteiger partial charge in [-0.3, -0.25) is 4.79 Å². The lowest BCUT2D eigenvalue weighted by Gasteiger charge is -2.30. The molecule has 0 saturated carbocycles. The molecule has 4 rings (SSSR count). The van der Waals surface area contributed by atoms with E-state index < -0.39 is 23.8 Å². The molecule has 33 heavy (non-hydrogen) atoms. The van der Waals surface area contributed by atoms with Crippen LogP contribution in [-0.2, 0) is 29.8 Å². The van der Waals surface area contributed by atoms with Crippen molar-refractivity contribution < 1.29 is 15.0 Å². The molecule has 0 spiro atoms. The summed E-state index contributed by atoms with van der Waals surface area (Å²) in [6.07, 6.45) is 1.49. The van der Waals surface area contributed by atoms with Gasteiger partial charge in [-0.15, -0.1) is 0 Å². The summed E-state index contributed by atoms with van der Waals surface area (Å²) in [5.74, 6) is -0.801. The second-order valence-corrected chi connectivity index (χ2v) is 9.05. The largest absolute Gasteiger partial charge is 0.391 e. The topological polar surface area (TPSA) is 95.6 Å². The first kappa shape index (κ1) is 23.2. The first-order chi connectivity index (χ1) is 15.9. The molecule has 0 unspecified atom stereocenters. The number of nitrogens with two attached hydrogens (primary N) is 1. The standard InChI is InChI=1S/C28H32N2O3/c29-25(18-21-11-5-2-6-12-21)26(31)19-23(17-20-9-3-1-4-10-20)27(32)30-28(33)16-15-22-13-7-8-14-24(22)28/h1-14,23,25-26,31,33H,15-19,29H2,(H,30,32)/t23-,25+,26+,28+/m1/s1. The van der Waals surface area contributed by atoms with E-state index in [0.29, 0.717) is 25.7 Å². The van der Waals surface area contributed by atoms with Crippen LogP contribution in [0.25, 0.3) is 0 Å². The highest BCUT2D eigenvalue weighted by atomic mass is 16.3. The molecule has 0 fully saturated rings. The maximum absolute atomic E-state index is 13.4. The van der Waals surface area contributed by atoms with Crippen LogP contribution in [0.1, 0.15) is 35.1 Å². The summed E-state index contributed by atoms with van der Waals surface area (Å²) in [6.45, 7) is 0. The van der Waals surface area contributed by atoms with Crippen molar-refractivity contribution in [3.05, 3.63) is 107 Å². The van der Waals surface area contributed by atoms with Gasteiger partial charge in [0.2, 0.25) is 5.91 Å². The molecule has 0 aromatic heterocycles. The molecule has 0 saturated heterocycles. The zero-order valence-corrected chi connectivity index (χ0v) is 18.7. The van der Waals surface area contributed by atoms with E-state index in [1.807, 2.05) is 84.9 Å². The number of aliphatic hydroxyl groups is 2. The fourth-order valence-electron chi connectivity index (χ4n) is 4.70. The molecule has 0 heterocycles. The SMILES string of the molecule is N[C@@H](Cc1ccccc1)[C@@H](O)C[C@@H](Cc1ccccc1)C(=O)N[C@]1(O)CCc2ccccc21. The molecule has 5 N–H and O–H groups in total. The quantitative estimate of drug-likeness (QED) is 0.382. The number of carbonyl (C=O) groups is 1. The average molecular weight is 445 g/mol. The molecular formula is C28H32N2O3. The van der Waals surface area contributed by atoms with Crippen LogP contribution in [0.4, 0.5) is 0 Å². The molecule has 0 aliphatic heterocycles. The summed E-state index contributed by atoms with van der Waals surface area (Å²) in [5.41, 5.74) is 8.76. The van der Waals surface area contributed by atoms with Crippen LogP contribution in [0.15, 0.2) is 84.9 Å². The van der Waals surface area contributed by atoms with Crippen LogP contribution in [0.5, 0.6) is 0 Å². The molecule has 1 aliphatic rings. The van der Waals surface area contributed by atoms with Crippen LogP contribution < -0.4 is 11.1 Å². The van der Waals surface area contributed by atoms with Gasteiger partial charge in [-0.2, -0.15) is 0 Å². The van der Waals surface area contributed by atoms with Crippen LogP contribution in [0.3, 0.4) is 0 Å². The molecule has 4 atom stereocenters. The summed E-state index contributed by atoms with van der Waals surface area (Å²) >= 11 is 0. The van der Waals surface area contributed by atoms with E-state index in [4.69, 9.17) is 5.73 Å². The van der Waals surface area contributed by atoms with Gasteiger partial charge in [-0.05, 0) is 42.4 Å². The summed E-state index contributed by atoms with van der Waals surface area (Å²) < 4.78 is 0. The molecule has 5 nitrogen and oxygen atoms in total. The third-order valence-corrected chi connectivity index (χ3v) is 6.58. The van der Waals surface area contributed by atoms with Crippen molar-refractivity contribution in [3.63, 3.8) is 0 Å². The number of benzene rings is 3. The van der Waals surface area contributed by atoms with Crippen molar-refractivity contribution in [2.24, 2.45) is 11.7 Å². The van der Waals surface area contributed by atoms with Gasteiger partial charge >= 0.3 is 0 Å². The second kappa shape index (κ2) is 10.3.